The minimum atomic E-state index is -4.23. The number of amides is 2. The van der Waals surface area contributed by atoms with E-state index in [0.29, 0.717) is 11.4 Å². The van der Waals surface area contributed by atoms with Gasteiger partial charge in [-0.1, -0.05) is 11.6 Å². The number of carbonyl (C=O) groups excluding carboxylic acids is 1. The molecule has 25 heavy (non-hydrogen) atoms. The van der Waals surface area contributed by atoms with Crippen LogP contribution in [0.2, 0.25) is 5.15 Å². The van der Waals surface area contributed by atoms with Crippen LogP contribution >= 0.6 is 11.6 Å². The molecule has 2 amide bonds. The number of hydrogen-bond donors (Lipinski definition) is 1. The van der Waals surface area contributed by atoms with Gasteiger partial charge in [-0.15, -0.1) is 0 Å². The van der Waals surface area contributed by atoms with Crippen LogP contribution in [0.3, 0.4) is 0 Å². The first kappa shape index (κ1) is 19.0. The molecule has 2 aromatic rings. The lowest BCUT2D eigenvalue weighted by atomic mass is 10.3. The van der Waals surface area contributed by atoms with Crippen LogP contribution in [0.15, 0.2) is 30.7 Å². The first-order valence-corrected chi connectivity index (χ1v) is 7.97. The highest BCUT2D eigenvalue weighted by molar-refractivity contribution is 6.32. The molecule has 6 nitrogen and oxygen atoms in total. The van der Waals surface area contributed by atoms with Gasteiger partial charge in [-0.25, -0.2) is 9.48 Å². The second-order valence-corrected chi connectivity index (χ2v) is 5.51. The Morgan fingerprint density at radius 1 is 1.44 bits per heavy atom. The zero-order valence-corrected chi connectivity index (χ0v) is 14.2. The van der Waals surface area contributed by atoms with E-state index < -0.39 is 18.6 Å². The van der Waals surface area contributed by atoms with Gasteiger partial charge < -0.3 is 5.32 Å². The van der Waals surface area contributed by atoms with Crippen LogP contribution in [-0.2, 0) is 0 Å². The molecule has 136 valence electrons. The summed E-state index contributed by atoms with van der Waals surface area (Å²) in [5.41, 5.74) is 1.03. The number of nitrogens with zero attached hydrogens (tertiary/aromatic N) is 4. The lowest BCUT2D eigenvalue weighted by Crippen LogP contribution is -2.40. The summed E-state index contributed by atoms with van der Waals surface area (Å²) >= 11 is 6.11. The summed E-state index contributed by atoms with van der Waals surface area (Å²) in [6.45, 7) is 1.93. The molecule has 0 saturated heterocycles. The number of urea groups is 1. The zero-order valence-electron chi connectivity index (χ0n) is 13.4. The fourth-order valence-corrected chi connectivity index (χ4v) is 2.38. The minimum Gasteiger partial charge on any atom is -0.338 e. The Labute approximate surface area is 147 Å². The molecule has 10 heteroatoms. The van der Waals surface area contributed by atoms with Crippen LogP contribution in [0, 0.1) is 0 Å². The molecule has 0 atom stereocenters. The van der Waals surface area contributed by atoms with Crippen LogP contribution in [0.25, 0.3) is 5.69 Å². The van der Waals surface area contributed by atoms with Gasteiger partial charge in [0.1, 0.15) is 5.69 Å². The Morgan fingerprint density at radius 3 is 2.80 bits per heavy atom. The highest BCUT2D eigenvalue weighted by Gasteiger charge is 2.26. The summed E-state index contributed by atoms with van der Waals surface area (Å²) in [7, 11) is 0. The summed E-state index contributed by atoms with van der Waals surface area (Å²) in [6.07, 6.45) is -0.598. The van der Waals surface area contributed by atoms with Crippen molar-refractivity contribution in [2.45, 2.75) is 25.9 Å². The Balaban J connectivity index is 2.05. The van der Waals surface area contributed by atoms with Crippen molar-refractivity contribution in [2.75, 3.05) is 18.0 Å². The van der Waals surface area contributed by atoms with Gasteiger partial charge in [0.05, 0.1) is 18.1 Å². The summed E-state index contributed by atoms with van der Waals surface area (Å²) in [4.78, 5) is 17.5. The van der Waals surface area contributed by atoms with E-state index in [4.69, 9.17) is 11.6 Å². The normalized spacial score (nSPS) is 11.4. The van der Waals surface area contributed by atoms with Gasteiger partial charge >= 0.3 is 12.2 Å². The van der Waals surface area contributed by atoms with E-state index in [0.717, 1.165) is 0 Å². The minimum absolute atomic E-state index is 0.0802. The maximum absolute atomic E-state index is 12.2. The number of rotatable bonds is 6. The predicted molar refractivity (Wildman–Crippen MR) is 88.1 cm³/mol. The largest absolute Gasteiger partial charge is 0.389 e. The van der Waals surface area contributed by atoms with Crippen molar-refractivity contribution in [1.29, 1.82) is 0 Å². The van der Waals surface area contributed by atoms with E-state index in [-0.39, 0.29) is 24.7 Å². The Kier molecular flexibility index (Phi) is 6.24. The van der Waals surface area contributed by atoms with E-state index in [2.05, 4.69) is 15.4 Å². The molecule has 1 N–H and O–H groups in total. The quantitative estimate of drug-likeness (QED) is 0.781. The van der Waals surface area contributed by atoms with Gasteiger partial charge in [-0.05, 0) is 25.5 Å². The van der Waals surface area contributed by atoms with E-state index in [1.807, 2.05) is 0 Å². The number of nitrogens with one attached hydrogen (secondary N) is 1. The van der Waals surface area contributed by atoms with Gasteiger partial charge in [0.25, 0.3) is 0 Å². The summed E-state index contributed by atoms with van der Waals surface area (Å²) in [5.74, 6) is 0. The molecule has 2 rings (SSSR count). The van der Waals surface area contributed by atoms with E-state index in [1.54, 1.807) is 37.6 Å². The number of alkyl halides is 3. The van der Waals surface area contributed by atoms with Crippen molar-refractivity contribution in [2.24, 2.45) is 0 Å². The maximum Gasteiger partial charge on any atom is 0.389 e. The molecule has 0 saturated carbocycles. The van der Waals surface area contributed by atoms with E-state index in [9.17, 15) is 18.0 Å². The SMILES string of the molecule is CCN(C(=O)NCCCC(F)(F)F)c1cn(-c2cccnc2)nc1Cl. The molecule has 0 aliphatic carbocycles. The van der Waals surface area contributed by atoms with Crippen molar-refractivity contribution in [3.05, 3.63) is 35.9 Å². The Hall–Kier alpha value is -2.29. The zero-order chi connectivity index (χ0) is 18.4. The van der Waals surface area contributed by atoms with Crippen molar-refractivity contribution in [3.8, 4) is 5.69 Å². The third-order valence-electron chi connectivity index (χ3n) is 3.33. The molecule has 2 aromatic heterocycles. The number of carbonyl (C=O) groups is 1. The van der Waals surface area contributed by atoms with E-state index >= 15 is 0 Å². The summed E-state index contributed by atoms with van der Waals surface area (Å²) in [5, 5.41) is 6.70. The molecule has 0 bridgehead atoms. The highest BCUT2D eigenvalue weighted by atomic mass is 35.5. The lowest BCUT2D eigenvalue weighted by molar-refractivity contribution is -0.135. The molecule has 0 radical (unpaired) electrons. The van der Waals surface area contributed by atoms with E-state index in [1.165, 1.54) is 9.58 Å². The van der Waals surface area contributed by atoms with Crippen LogP contribution in [0.1, 0.15) is 19.8 Å². The number of pyridine rings is 1. The number of aromatic nitrogens is 3. The van der Waals surface area contributed by atoms with Crippen molar-refractivity contribution >= 4 is 23.3 Å². The third kappa shape index (κ3) is 5.35. The van der Waals surface area contributed by atoms with Crippen LogP contribution < -0.4 is 10.2 Å². The van der Waals surface area contributed by atoms with Gasteiger partial charge in [0.15, 0.2) is 5.15 Å². The molecule has 2 heterocycles. The van der Waals surface area contributed by atoms with Crippen LogP contribution in [0.5, 0.6) is 0 Å². The average Bonchev–Trinajstić information content (AvgIpc) is 2.94. The van der Waals surface area contributed by atoms with Crippen molar-refractivity contribution in [1.82, 2.24) is 20.1 Å². The molecule has 0 fully saturated rings. The first-order valence-electron chi connectivity index (χ1n) is 7.59. The molecule has 0 spiro atoms. The molecule has 0 aromatic carbocycles. The summed E-state index contributed by atoms with van der Waals surface area (Å²) in [6, 6.07) is 2.97. The second-order valence-electron chi connectivity index (χ2n) is 5.16. The van der Waals surface area contributed by atoms with Gasteiger partial charge in [-0.2, -0.15) is 18.3 Å². The van der Waals surface area contributed by atoms with Crippen LogP contribution in [-0.4, -0.2) is 40.1 Å². The summed E-state index contributed by atoms with van der Waals surface area (Å²) < 4.78 is 37.9. The lowest BCUT2D eigenvalue weighted by Gasteiger charge is -2.20. The molecule has 0 unspecified atom stereocenters. The third-order valence-corrected chi connectivity index (χ3v) is 3.60. The molecule has 0 aliphatic rings. The Morgan fingerprint density at radius 2 is 2.20 bits per heavy atom. The smallest absolute Gasteiger partial charge is 0.338 e. The Bertz CT molecular complexity index is 705. The van der Waals surface area contributed by atoms with Crippen molar-refractivity contribution < 1.29 is 18.0 Å². The molecular formula is C15H17ClF3N5O. The number of halogens is 4. The fraction of sp³-hybridized carbons (Fsp3) is 0.400. The second kappa shape index (κ2) is 8.19. The fourth-order valence-electron chi connectivity index (χ4n) is 2.15. The average molecular weight is 376 g/mol. The number of hydrogen-bond acceptors (Lipinski definition) is 3. The topological polar surface area (TPSA) is 63.1 Å². The predicted octanol–water partition coefficient (Wildman–Crippen LogP) is 3.80. The first-order chi connectivity index (χ1) is 11.8. The van der Waals surface area contributed by atoms with Crippen LogP contribution in [0.4, 0.5) is 23.7 Å². The number of anilines is 1. The standard InChI is InChI=1S/C15H17ClF3N5O/c1-2-23(14(25)21-8-4-6-15(17,18)19)12-10-24(22-13(12)16)11-5-3-7-20-9-11/h3,5,7,9-10H,2,4,6,8H2,1H3,(H,21,25). The monoisotopic (exact) mass is 375 g/mol. The van der Waals surface area contributed by atoms with Gasteiger partial charge in [0, 0.05) is 25.7 Å². The molecular weight excluding hydrogens is 359 g/mol. The molecule has 0 aliphatic heterocycles. The van der Waals surface area contributed by atoms with Gasteiger partial charge in [0.2, 0.25) is 0 Å². The van der Waals surface area contributed by atoms with Gasteiger partial charge in [-0.3, -0.25) is 9.88 Å². The maximum atomic E-state index is 12.2. The highest BCUT2D eigenvalue weighted by Crippen LogP contribution is 2.26. The van der Waals surface area contributed by atoms with Crippen molar-refractivity contribution in [3.63, 3.8) is 0 Å².